The van der Waals surface area contributed by atoms with Crippen LogP contribution in [-0.2, 0) is 50.7 Å². The van der Waals surface area contributed by atoms with Crippen LogP contribution in [-0.4, -0.2) is 107 Å². The zero-order valence-corrected chi connectivity index (χ0v) is 43.0. The van der Waals surface area contributed by atoms with Gasteiger partial charge in [0.15, 0.2) is 0 Å². The van der Waals surface area contributed by atoms with E-state index in [9.17, 15) is 48.5 Å². The van der Waals surface area contributed by atoms with Gasteiger partial charge >= 0.3 is 5.97 Å². The molecule has 0 bridgehead atoms. The number of nitrogens with zero attached hydrogens (tertiary/aromatic N) is 2. The maximum atomic E-state index is 13.7. The van der Waals surface area contributed by atoms with E-state index < -0.39 is 58.7 Å². The number of rotatable bonds is 22. The highest BCUT2D eigenvalue weighted by Gasteiger charge is 2.43. The molecule has 5 N–H and O–H groups in total. The summed E-state index contributed by atoms with van der Waals surface area (Å²) in [5.41, 5.74) is 2.11. The average Bonchev–Trinajstić information content (AvgIpc) is 3.47. The number of hydrogen-bond donors (Lipinski definition) is 5. The summed E-state index contributed by atoms with van der Waals surface area (Å²) >= 11 is 0. The summed E-state index contributed by atoms with van der Waals surface area (Å²) in [6, 6.07) is 9.56. The van der Waals surface area contributed by atoms with Crippen LogP contribution in [0.1, 0.15) is 135 Å². The van der Waals surface area contributed by atoms with Gasteiger partial charge in [0.1, 0.15) is 30.2 Å². The molecule has 2 aliphatic heterocycles. The molecule has 2 heterocycles. The van der Waals surface area contributed by atoms with E-state index in [1.54, 1.807) is 36.4 Å². The molecule has 0 fully saturated rings. The number of fused-ring (bicyclic) bond motifs is 2. The molecule has 1 unspecified atom stereocenters. The molecule has 1 aromatic rings. The van der Waals surface area contributed by atoms with Crippen LogP contribution in [0.5, 0.6) is 0 Å². The highest BCUT2D eigenvalue weighted by atomic mass is 32.2. The van der Waals surface area contributed by atoms with Crippen LogP contribution < -0.4 is 20.1 Å². The number of methoxy groups -OCH3 is 1. The summed E-state index contributed by atoms with van der Waals surface area (Å²) in [4.78, 5) is 26.5. The predicted octanol–water partition coefficient (Wildman–Crippen LogP) is 7.42. The topological polar surface area (TPSA) is 258 Å². The zero-order valence-electron chi connectivity index (χ0n) is 40.6. The Morgan fingerprint density at radius 3 is 2.10 bits per heavy atom. The average molecular weight is 999 g/mol. The molecule has 0 aromatic heterocycles. The zero-order chi connectivity index (χ0) is 51.0. The lowest BCUT2D eigenvalue weighted by Crippen LogP contribution is -2.39. The molecular weight excluding hydrogens is 927 g/mol. The quantitative estimate of drug-likeness (QED) is 0.0373. The minimum atomic E-state index is -4.63. The third kappa shape index (κ3) is 17.2. The summed E-state index contributed by atoms with van der Waals surface area (Å²) in [6.07, 6.45) is 7.09. The Bertz CT molecular complexity index is 2600. The molecule has 376 valence electrons. The van der Waals surface area contributed by atoms with Crippen LogP contribution in [0.3, 0.4) is 0 Å². The van der Waals surface area contributed by atoms with Crippen LogP contribution in [0.25, 0.3) is 17.4 Å². The lowest BCUT2D eigenvalue weighted by molar-refractivity contribution is -0.137. The van der Waals surface area contributed by atoms with E-state index in [1.807, 2.05) is 77.9 Å². The van der Waals surface area contributed by atoms with Gasteiger partial charge in [-0.1, -0.05) is 61.0 Å². The number of carboxylic acid groups (broad SMARTS) is 1. The smallest absolute Gasteiger partial charge is 0.303 e. The van der Waals surface area contributed by atoms with Crippen LogP contribution in [0.2, 0.25) is 0 Å². The van der Waals surface area contributed by atoms with Crippen molar-refractivity contribution in [3.8, 4) is 11.3 Å². The fraction of sp³-hybridized carbons (Fsp3) is 0.553. The third-order valence-electron chi connectivity index (χ3n) is 11.0. The van der Waals surface area contributed by atoms with E-state index in [-0.39, 0.29) is 56.2 Å². The Kier molecular flexibility index (Phi) is 22.6. The predicted molar refractivity (Wildman–Crippen MR) is 262 cm³/mol. The molecule has 1 atom stereocenters. The maximum Gasteiger partial charge on any atom is 0.303 e. The van der Waals surface area contributed by atoms with Crippen molar-refractivity contribution in [2.75, 3.05) is 56.3 Å². The monoisotopic (exact) mass is 998 g/mol. The standard InChI is InChI=1S/C43H59N3O14S3.2C2H6/c1-7-45(21-13-25-62(53,54)55)37-29-38-32(28-33(37)41(49)44-20-23-59-6)34(42(2,3)4)26-30(60-38)14-11-15-39-43(5,19-12-24-61(50,51)52)35-27-31(63(56,57)58)17-18-36(35)46(39)22-10-8-9-16-40(47)48;2*1-2/h11,14-15,17-18,26-29H,7-10,12-13,16,19-25H2,1-6H3,(H4-,44,47,48,49,50,51,52,53,54,55,56,57,58);2*1-2H3/p+1. The van der Waals surface area contributed by atoms with Gasteiger partial charge in [-0.3, -0.25) is 23.2 Å². The fourth-order valence-corrected chi connectivity index (χ4v) is 9.41. The van der Waals surface area contributed by atoms with Gasteiger partial charge in [-0.25, -0.2) is 4.58 Å². The summed E-state index contributed by atoms with van der Waals surface area (Å²) in [5.74, 6) is -1.46. The number of carboxylic acids is 1. The molecule has 1 amide bonds. The van der Waals surface area contributed by atoms with Crippen LogP contribution in [0.4, 0.5) is 5.69 Å². The summed E-state index contributed by atoms with van der Waals surface area (Å²) in [5, 5.41) is 12.5. The Morgan fingerprint density at radius 1 is 0.896 bits per heavy atom. The second-order valence-corrected chi connectivity index (χ2v) is 21.4. The van der Waals surface area contributed by atoms with Gasteiger partial charge in [0.05, 0.1) is 29.1 Å². The van der Waals surface area contributed by atoms with Crippen molar-refractivity contribution in [2.24, 2.45) is 0 Å². The number of unbranched alkanes of at least 4 members (excludes halogenated alkanes) is 2. The number of hydrogen-bond acceptors (Lipinski definition) is 11. The molecular formula is C47H72N3O14S3+. The number of amides is 1. The number of anilines is 1. The van der Waals surface area contributed by atoms with Gasteiger partial charge < -0.3 is 24.5 Å². The summed E-state index contributed by atoms with van der Waals surface area (Å²) < 4.78 is 114. The van der Waals surface area contributed by atoms with E-state index in [4.69, 9.17) is 14.3 Å². The molecule has 20 heteroatoms. The van der Waals surface area contributed by atoms with Crippen LogP contribution in [0.15, 0.2) is 63.6 Å². The minimum absolute atomic E-state index is 0.00614. The molecule has 67 heavy (non-hydrogen) atoms. The minimum Gasteiger partial charge on any atom is -0.481 e. The van der Waals surface area contributed by atoms with Crippen molar-refractivity contribution in [3.63, 3.8) is 0 Å². The van der Waals surface area contributed by atoms with Crippen molar-refractivity contribution in [1.29, 1.82) is 0 Å². The maximum absolute atomic E-state index is 13.7. The van der Waals surface area contributed by atoms with Crippen molar-refractivity contribution < 1.29 is 62.8 Å². The lowest BCUT2D eigenvalue weighted by atomic mass is 9.77. The first-order valence-electron chi connectivity index (χ1n) is 22.7. The molecule has 1 aromatic carbocycles. The Hall–Kier alpha value is -4.44. The molecule has 0 saturated heterocycles. The van der Waals surface area contributed by atoms with E-state index in [0.29, 0.717) is 77.3 Å². The molecule has 0 radical (unpaired) electrons. The van der Waals surface area contributed by atoms with Gasteiger partial charge in [0.2, 0.25) is 5.36 Å². The Balaban J connectivity index is 0.00000375. The number of nitrogens with one attached hydrogen (secondary N) is 1. The van der Waals surface area contributed by atoms with Gasteiger partial charge in [-0.05, 0) is 98.6 Å². The van der Waals surface area contributed by atoms with E-state index in [1.165, 1.54) is 19.2 Å². The van der Waals surface area contributed by atoms with Gasteiger partial charge in [0, 0.05) is 55.4 Å². The van der Waals surface area contributed by atoms with Gasteiger partial charge in [0.25, 0.3) is 36.3 Å². The first kappa shape index (κ1) is 58.7. The largest absolute Gasteiger partial charge is 0.481 e. The normalized spacial score (nSPS) is 16.3. The highest BCUT2D eigenvalue weighted by Crippen LogP contribution is 2.51. The van der Waals surface area contributed by atoms with Crippen molar-refractivity contribution in [1.82, 2.24) is 9.89 Å². The number of ether oxygens (including phenoxy) is 1. The Labute approximate surface area is 397 Å². The Morgan fingerprint density at radius 2 is 1.54 bits per heavy atom. The van der Waals surface area contributed by atoms with Gasteiger partial charge in [-0.2, -0.15) is 25.3 Å². The van der Waals surface area contributed by atoms with Crippen molar-refractivity contribution in [2.45, 2.75) is 123 Å². The molecule has 0 saturated carbocycles. The summed E-state index contributed by atoms with van der Waals surface area (Å²) in [6.45, 7) is 19.2. The van der Waals surface area contributed by atoms with Crippen molar-refractivity contribution >= 4 is 54.0 Å². The second kappa shape index (κ2) is 25.8. The lowest BCUT2D eigenvalue weighted by Gasteiger charge is -2.30. The molecule has 4 rings (SSSR count). The van der Waals surface area contributed by atoms with Gasteiger partial charge in [-0.15, -0.1) is 0 Å². The third-order valence-corrected chi connectivity index (χ3v) is 13.4. The summed E-state index contributed by atoms with van der Waals surface area (Å²) in [7, 11) is -11.7. The molecule has 3 aliphatic rings. The van der Waals surface area contributed by atoms with Crippen molar-refractivity contribution in [3.05, 3.63) is 82.1 Å². The van der Waals surface area contributed by atoms with Crippen LogP contribution >= 0.6 is 0 Å². The number of carbonyl (C=O) groups is 2. The molecule has 0 spiro atoms. The first-order chi connectivity index (χ1) is 31.3. The number of allylic oxidation sites excluding steroid dienone is 3. The van der Waals surface area contributed by atoms with Crippen LogP contribution in [0, 0.1) is 0 Å². The number of carbonyl (C=O) groups excluding carboxylic acids is 1. The highest BCUT2D eigenvalue weighted by molar-refractivity contribution is 7.86. The number of benzene rings is 2. The number of aliphatic carboxylic acids is 1. The molecule has 1 aliphatic carbocycles. The molecule has 17 nitrogen and oxygen atoms in total. The van der Waals surface area contributed by atoms with E-state index in [2.05, 4.69) is 5.32 Å². The second-order valence-electron chi connectivity index (χ2n) is 16.8. The first-order valence-corrected chi connectivity index (χ1v) is 27.3. The van der Waals surface area contributed by atoms with E-state index >= 15 is 0 Å². The SMILES string of the molecule is CC.CC.CC[N+](CCCS(=O)(=O)O)=c1cc2oc(/C=C/C=C3/N(CCCCCC(=O)O)c4ccc(S(=O)(=O)O)cc4C3(C)CCCS(=O)(=O)O)cc(C(C)(C)C)c-2cc1C(=O)NCCOC. The fourth-order valence-electron chi connectivity index (χ4n) is 7.90. The van der Waals surface area contributed by atoms with E-state index in [0.717, 1.165) is 5.56 Å².